The first-order chi connectivity index (χ1) is 8.81. The first kappa shape index (κ1) is 16.1. The topological polar surface area (TPSA) is 41.1 Å². The van der Waals surface area contributed by atoms with E-state index in [-0.39, 0.29) is 28.5 Å². The van der Waals surface area contributed by atoms with Gasteiger partial charge in [0, 0.05) is 6.04 Å². The summed E-state index contributed by atoms with van der Waals surface area (Å²) in [5, 5.41) is 5.94. The highest BCUT2D eigenvalue weighted by molar-refractivity contribution is 6.39. The van der Waals surface area contributed by atoms with Gasteiger partial charge < -0.3 is 10.6 Å². The van der Waals surface area contributed by atoms with Gasteiger partial charge in [0.15, 0.2) is 0 Å². The molecule has 0 aromatic heterocycles. The highest BCUT2D eigenvalue weighted by Crippen LogP contribution is 2.31. The fraction of sp³-hybridized carbons (Fsp3) is 0.462. The third-order valence-electron chi connectivity index (χ3n) is 2.82. The Morgan fingerprint density at radius 3 is 2.26 bits per heavy atom. The molecule has 19 heavy (non-hydrogen) atoms. The van der Waals surface area contributed by atoms with Crippen molar-refractivity contribution in [1.82, 2.24) is 5.32 Å². The molecular weight excluding hydrogens is 290 g/mol. The van der Waals surface area contributed by atoms with Gasteiger partial charge in [-0.05, 0) is 25.0 Å². The van der Waals surface area contributed by atoms with Crippen molar-refractivity contribution in [2.24, 2.45) is 5.92 Å². The van der Waals surface area contributed by atoms with E-state index in [0.717, 1.165) is 12.1 Å². The molecule has 2 N–H and O–H groups in total. The molecule has 1 amide bonds. The second-order valence-electron chi connectivity index (χ2n) is 4.70. The number of hydrogen-bond donors (Lipinski definition) is 2. The van der Waals surface area contributed by atoms with Crippen LogP contribution in [0.3, 0.4) is 0 Å². The van der Waals surface area contributed by atoms with Gasteiger partial charge in [0.05, 0.1) is 22.3 Å². The van der Waals surface area contributed by atoms with Crippen LogP contribution in [0, 0.1) is 11.7 Å². The zero-order valence-electron chi connectivity index (χ0n) is 11.1. The number of carbonyl (C=O) groups excluding carboxylic acids is 1. The predicted molar refractivity (Wildman–Crippen MR) is 77.4 cm³/mol. The third kappa shape index (κ3) is 4.88. The van der Waals surface area contributed by atoms with Gasteiger partial charge in [-0.25, -0.2) is 4.39 Å². The van der Waals surface area contributed by atoms with Crippen molar-refractivity contribution in [3.8, 4) is 0 Å². The predicted octanol–water partition coefficient (Wildman–Crippen LogP) is 3.71. The molecule has 1 atom stereocenters. The van der Waals surface area contributed by atoms with Crippen LogP contribution in [-0.2, 0) is 4.79 Å². The number of hydrogen-bond acceptors (Lipinski definition) is 2. The van der Waals surface area contributed by atoms with Crippen LogP contribution in [0.1, 0.15) is 20.8 Å². The quantitative estimate of drug-likeness (QED) is 0.871. The Morgan fingerprint density at radius 2 is 1.79 bits per heavy atom. The second kappa shape index (κ2) is 6.96. The van der Waals surface area contributed by atoms with Crippen molar-refractivity contribution in [2.75, 3.05) is 11.9 Å². The molecular formula is C13H17Cl2FN2O. The lowest BCUT2D eigenvalue weighted by atomic mass is 10.1. The minimum Gasteiger partial charge on any atom is -0.374 e. The fourth-order valence-corrected chi connectivity index (χ4v) is 1.95. The fourth-order valence-electron chi connectivity index (χ4n) is 1.35. The summed E-state index contributed by atoms with van der Waals surface area (Å²) in [6.07, 6.45) is 0. The Bertz CT molecular complexity index is 443. The standard InChI is InChI=1S/C13H17Cl2FN2O/c1-7(2)8(3)18-12(19)6-17-13-10(14)4-9(16)5-11(13)15/h4-5,7-8,17H,6H2,1-3H3,(H,18,19). The molecule has 0 fully saturated rings. The minimum absolute atomic E-state index is 0.0299. The van der Waals surface area contributed by atoms with Crippen LogP contribution >= 0.6 is 23.2 Å². The summed E-state index contributed by atoms with van der Waals surface area (Å²) in [7, 11) is 0. The van der Waals surface area contributed by atoms with Gasteiger partial charge in [-0.2, -0.15) is 0 Å². The van der Waals surface area contributed by atoms with Crippen molar-refractivity contribution in [1.29, 1.82) is 0 Å². The van der Waals surface area contributed by atoms with Gasteiger partial charge in [-0.15, -0.1) is 0 Å². The Kier molecular flexibility index (Phi) is 5.88. The SMILES string of the molecule is CC(C)C(C)NC(=O)CNc1c(Cl)cc(F)cc1Cl. The van der Waals surface area contributed by atoms with Crippen molar-refractivity contribution in [3.63, 3.8) is 0 Å². The van der Waals surface area contributed by atoms with Crippen LogP contribution in [0.2, 0.25) is 10.0 Å². The molecule has 0 aliphatic heterocycles. The van der Waals surface area contributed by atoms with Crippen LogP contribution < -0.4 is 10.6 Å². The van der Waals surface area contributed by atoms with E-state index in [1.807, 2.05) is 20.8 Å². The van der Waals surface area contributed by atoms with E-state index in [1.54, 1.807) is 0 Å². The zero-order valence-corrected chi connectivity index (χ0v) is 12.6. The number of halogens is 3. The van der Waals surface area contributed by atoms with Crippen molar-refractivity contribution >= 4 is 34.8 Å². The maximum Gasteiger partial charge on any atom is 0.239 e. The van der Waals surface area contributed by atoms with Crippen molar-refractivity contribution < 1.29 is 9.18 Å². The molecule has 0 saturated carbocycles. The van der Waals surface area contributed by atoms with Crippen LogP contribution in [0.4, 0.5) is 10.1 Å². The van der Waals surface area contributed by atoms with Crippen molar-refractivity contribution in [3.05, 3.63) is 28.0 Å². The highest BCUT2D eigenvalue weighted by Gasteiger charge is 2.13. The Labute approximate surface area is 122 Å². The van der Waals surface area contributed by atoms with Gasteiger partial charge >= 0.3 is 0 Å². The zero-order chi connectivity index (χ0) is 14.6. The first-order valence-electron chi connectivity index (χ1n) is 5.99. The average Bonchev–Trinajstić information content (AvgIpc) is 2.27. The molecule has 0 aliphatic rings. The molecule has 1 rings (SSSR count). The minimum atomic E-state index is -0.515. The van der Waals surface area contributed by atoms with E-state index < -0.39 is 5.82 Å². The summed E-state index contributed by atoms with van der Waals surface area (Å²) >= 11 is 11.7. The summed E-state index contributed by atoms with van der Waals surface area (Å²) in [5.41, 5.74) is 0.358. The molecule has 1 unspecified atom stereocenters. The lowest BCUT2D eigenvalue weighted by molar-refractivity contribution is -0.120. The summed E-state index contributed by atoms with van der Waals surface area (Å²) in [6.45, 7) is 6.00. The van der Waals surface area contributed by atoms with E-state index in [9.17, 15) is 9.18 Å². The van der Waals surface area contributed by atoms with Gasteiger partial charge in [-0.3, -0.25) is 4.79 Å². The average molecular weight is 307 g/mol. The van der Waals surface area contributed by atoms with Crippen LogP contribution in [0.15, 0.2) is 12.1 Å². The van der Waals surface area contributed by atoms with E-state index in [1.165, 1.54) is 0 Å². The third-order valence-corrected chi connectivity index (χ3v) is 3.42. The Hall–Kier alpha value is -1.00. The van der Waals surface area contributed by atoms with Crippen LogP contribution in [0.5, 0.6) is 0 Å². The van der Waals surface area contributed by atoms with Gasteiger partial charge in [-0.1, -0.05) is 37.0 Å². The molecule has 3 nitrogen and oxygen atoms in total. The summed E-state index contributed by atoms with van der Waals surface area (Å²) in [5.74, 6) is -0.335. The molecule has 106 valence electrons. The van der Waals surface area contributed by atoms with Gasteiger partial charge in [0.1, 0.15) is 5.82 Å². The lowest BCUT2D eigenvalue weighted by Gasteiger charge is -2.18. The number of amides is 1. The molecule has 0 radical (unpaired) electrons. The number of anilines is 1. The molecule has 0 aliphatic carbocycles. The summed E-state index contributed by atoms with van der Waals surface area (Å²) in [6, 6.07) is 2.36. The molecule has 0 heterocycles. The Balaban J connectivity index is 2.60. The number of carbonyl (C=O) groups is 1. The van der Waals surface area contributed by atoms with Gasteiger partial charge in [0.2, 0.25) is 5.91 Å². The van der Waals surface area contributed by atoms with Crippen LogP contribution in [0.25, 0.3) is 0 Å². The molecule has 0 spiro atoms. The highest BCUT2D eigenvalue weighted by atomic mass is 35.5. The molecule has 6 heteroatoms. The maximum atomic E-state index is 13.0. The molecule has 0 bridgehead atoms. The second-order valence-corrected chi connectivity index (χ2v) is 5.51. The van der Waals surface area contributed by atoms with E-state index in [4.69, 9.17) is 23.2 Å². The summed E-state index contributed by atoms with van der Waals surface area (Å²) in [4.78, 5) is 11.7. The number of rotatable bonds is 5. The van der Waals surface area contributed by atoms with E-state index in [2.05, 4.69) is 10.6 Å². The Morgan fingerprint density at radius 1 is 1.26 bits per heavy atom. The lowest BCUT2D eigenvalue weighted by Crippen LogP contribution is -2.39. The first-order valence-corrected chi connectivity index (χ1v) is 6.74. The van der Waals surface area contributed by atoms with Gasteiger partial charge in [0.25, 0.3) is 0 Å². The maximum absolute atomic E-state index is 13.0. The van der Waals surface area contributed by atoms with Crippen molar-refractivity contribution in [2.45, 2.75) is 26.8 Å². The monoisotopic (exact) mass is 306 g/mol. The van der Waals surface area contributed by atoms with E-state index in [0.29, 0.717) is 11.6 Å². The molecule has 1 aromatic rings. The summed E-state index contributed by atoms with van der Waals surface area (Å²) < 4.78 is 13.0. The van der Waals surface area contributed by atoms with E-state index >= 15 is 0 Å². The number of benzene rings is 1. The largest absolute Gasteiger partial charge is 0.374 e. The molecule has 1 aromatic carbocycles. The molecule has 0 saturated heterocycles. The smallest absolute Gasteiger partial charge is 0.239 e. The number of nitrogens with one attached hydrogen (secondary N) is 2. The normalized spacial score (nSPS) is 12.4. The van der Waals surface area contributed by atoms with Crippen LogP contribution in [-0.4, -0.2) is 18.5 Å².